The van der Waals surface area contributed by atoms with E-state index in [0.29, 0.717) is 17.2 Å². The minimum Gasteiger partial charge on any atom is -0.391 e. The van der Waals surface area contributed by atoms with Crippen molar-refractivity contribution < 1.29 is 5.11 Å². The van der Waals surface area contributed by atoms with Crippen molar-refractivity contribution in [2.75, 3.05) is 18.0 Å². The van der Waals surface area contributed by atoms with Crippen LogP contribution in [0.4, 0.5) is 5.82 Å². The molecule has 3 heterocycles. The molecule has 2 unspecified atom stereocenters. The van der Waals surface area contributed by atoms with Crippen molar-refractivity contribution in [3.05, 3.63) is 29.4 Å². The van der Waals surface area contributed by atoms with Crippen LogP contribution < -0.4 is 4.90 Å². The number of halogens is 1. The average Bonchev–Trinajstić information content (AvgIpc) is 2.70. The van der Waals surface area contributed by atoms with E-state index in [0.717, 1.165) is 17.7 Å². The van der Waals surface area contributed by atoms with Crippen molar-refractivity contribution in [2.45, 2.75) is 13.0 Å². The Morgan fingerprint density at radius 1 is 1.44 bits per heavy atom. The molecule has 0 aliphatic carbocycles. The van der Waals surface area contributed by atoms with Crippen LogP contribution in [-0.4, -0.2) is 34.3 Å². The summed E-state index contributed by atoms with van der Waals surface area (Å²) in [4.78, 5) is 10.8. The molecule has 2 atom stereocenters. The zero-order valence-electron chi connectivity index (χ0n) is 10.0. The summed E-state index contributed by atoms with van der Waals surface area (Å²) in [6, 6.07) is 5.59. The van der Waals surface area contributed by atoms with Crippen molar-refractivity contribution in [3.8, 4) is 0 Å². The third kappa shape index (κ3) is 1.91. The number of aromatic nitrogens is 2. The molecule has 18 heavy (non-hydrogen) atoms. The van der Waals surface area contributed by atoms with Crippen LogP contribution in [0.1, 0.15) is 6.92 Å². The molecular weight excluding hydrogens is 250 g/mol. The van der Waals surface area contributed by atoms with Gasteiger partial charge in [0.2, 0.25) is 0 Å². The number of pyridine rings is 2. The Labute approximate surface area is 110 Å². The summed E-state index contributed by atoms with van der Waals surface area (Å²) in [5.74, 6) is 1.04. The van der Waals surface area contributed by atoms with Crippen LogP contribution >= 0.6 is 11.6 Å². The van der Waals surface area contributed by atoms with Crippen LogP contribution in [0.2, 0.25) is 5.02 Å². The van der Waals surface area contributed by atoms with Gasteiger partial charge in [0, 0.05) is 36.7 Å². The fourth-order valence-electron chi connectivity index (χ4n) is 2.30. The van der Waals surface area contributed by atoms with Crippen molar-refractivity contribution in [2.24, 2.45) is 5.92 Å². The van der Waals surface area contributed by atoms with E-state index in [1.807, 2.05) is 25.1 Å². The zero-order valence-corrected chi connectivity index (χ0v) is 10.8. The number of hydrogen-bond acceptors (Lipinski definition) is 4. The maximum atomic E-state index is 9.79. The second kappa shape index (κ2) is 4.37. The van der Waals surface area contributed by atoms with E-state index in [1.165, 1.54) is 0 Å². The van der Waals surface area contributed by atoms with Gasteiger partial charge in [0.05, 0.1) is 11.1 Å². The van der Waals surface area contributed by atoms with Crippen molar-refractivity contribution in [1.29, 1.82) is 0 Å². The van der Waals surface area contributed by atoms with Gasteiger partial charge in [0.1, 0.15) is 5.82 Å². The van der Waals surface area contributed by atoms with Gasteiger partial charge in [-0.1, -0.05) is 18.5 Å². The summed E-state index contributed by atoms with van der Waals surface area (Å²) in [5.41, 5.74) is 0.647. The number of anilines is 1. The molecule has 3 rings (SSSR count). The number of fused-ring (bicyclic) bond motifs is 1. The summed E-state index contributed by atoms with van der Waals surface area (Å²) in [6.45, 7) is 3.43. The van der Waals surface area contributed by atoms with E-state index in [2.05, 4.69) is 14.9 Å². The first-order chi connectivity index (χ1) is 8.65. The van der Waals surface area contributed by atoms with Crippen LogP contribution in [0.5, 0.6) is 0 Å². The third-order valence-corrected chi connectivity index (χ3v) is 3.73. The van der Waals surface area contributed by atoms with Crippen LogP contribution in [0.25, 0.3) is 11.0 Å². The molecule has 1 aliphatic heterocycles. The lowest BCUT2D eigenvalue weighted by molar-refractivity contribution is 0.157. The molecule has 1 aliphatic rings. The molecule has 94 valence electrons. The molecule has 2 aromatic heterocycles. The van der Waals surface area contributed by atoms with Gasteiger partial charge < -0.3 is 10.0 Å². The topological polar surface area (TPSA) is 49.2 Å². The van der Waals surface area contributed by atoms with Gasteiger partial charge in [-0.2, -0.15) is 0 Å². The summed E-state index contributed by atoms with van der Waals surface area (Å²) in [6.07, 6.45) is 1.40. The van der Waals surface area contributed by atoms with E-state index in [9.17, 15) is 5.11 Å². The monoisotopic (exact) mass is 263 g/mol. The van der Waals surface area contributed by atoms with Crippen molar-refractivity contribution in [1.82, 2.24) is 9.97 Å². The summed E-state index contributed by atoms with van der Waals surface area (Å²) in [7, 11) is 0. The predicted octanol–water partition coefficient (Wildman–Crippen LogP) is 2.10. The molecule has 2 aromatic rings. The van der Waals surface area contributed by atoms with Crippen LogP contribution in [-0.2, 0) is 0 Å². The normalized spacial score (nSPS) is 23.8. The van der Waals surface area contributed by atoms with Crippen LogP contribution in [0.15, 0.2) is 24.4 Å². The van der Waals surface area contributed by atoms with Gasteiger partial charge in [-0.3, -0.25) is 0 Å². The number of nitrogens with zero attached hydrogens (tertiary/aromatic N) is 3. The van der Waals surface area contributed by atoms with Gasteiger partial charge in [0.15, 0.2) is 5.65 Å². The maximum absolute atomic E-state index is 9.79. The van der Waals surface area contributed by atoms with E-state index in [1.54, 1.807) is 6.20 Å². The Morgan fingerprint density at radius 3 is 3.00 bits per heavy atom. The third-order valence-electron chi connectivity index (χ3n) is 3.42. The van der Waals surface area contributed by atoms with Gasteiger partial charge in [-0.15, -0.1) is 0 Å². The molecule has 0 saturated carbocycles. The second-order valence-corrected chi connectivity index (χ2v) is 5.19. The number of β-amino-alcohol motifs (C(OH)–C–C–N with tert-alkyl or cyclic N) is 1. The summed E-state index contributed by atoms with van der Waals surface area (Å²) in [5, 5.41) is 11.3. The van der Waals surface area contributed by atoms with Crippen LogP contribution in [0.3, 0.4) is 0 Å². The first-order valence-electron chi connectivity index (χ1n) is 5.99. The first-order valence-corrected chi connectivity index (χ1v) is 6.37. The lowest BCUT2D eigenvalue weighted by atomic mass is 10.1. The predicted molar refractivity (Wildman–Crippen MR) is 71.9 cm³/mol. The molecule has 0 amide bonds. The number of aliphatic hydroxyl groups excluding tert-OH is 1. The molecule has 0 spiro atoms. The lowest BCUT2D eigenvalue weighted by Crippen LogP contribution is -2.22. The minimum atomic E-state index is -0.301. The molecule has 4 nitrogen and oxygen atoms in total. The Hall–Kier alpha value is -1.39. The van der Waals surface area contributed by atoms with Gasteiger partial charge in [-0.25, -0.2) is 9.97 Å². The summed E-state index contributed by atoms with van der Waals surface area (Å²) < 4.78 is 0. The zero-order chi connectivity index (χ0) is 12.7. The standard InChI is InChI=1S/C13H14ClN3O/c1-8-6-17(7-11(8)18)12-5-10(14)9-3-2-4-15-13(9)16-12/h2-5,8,11,18H,6-7H2,1H3. The largest absolute Gasteiger partial charge is 0.391 e. The average molecular weight is 264 g/mol. The maximum Gasteiger partial charge on any atom is 0.163 e. The Bertz CT molecular complexity index is 579. The molecule has 0 bridgehead atoms. The molecular formula is C13H14ClN3O. The highest BCUT2D eigenvalue weighted by molar-refractivity contribution is 6.35. The fourth-order valence-corrected chi connectivity index (χ4v) is 2.55. The summed E-state index contributed by atoms with van der Waals surface area (Å²) >= 11 is 6.24. The van der Waals surface area contributed by atoms with E-state index in [4.69, 9.17) is 11.6 Å². The first kappa shape index (κ1) is 11.7. The molecule has 0 aromatic carbocycles. The molecule has 1 fully saturated rings. The van der Waals surface area contributed by atoms with E-state index >= 15 is 0 Å². The highest BCUT2D eigenvalue weighted by Gasteiger charge is 2.28. The molecule has 0 radical (unpaired) electrons. The smallest absolute Gasteiger partial charge is 0.163 e. The Balaban J connectivity index is 2.03. The number of rotatable bonds is 1. The Kier molecular flexibility index (Phi) is 2.84. The second-order valence-electron chi connectivity index (χ2n) is 4.79. The fraction of sp³-hybridized carbons (Fsp3) is 0.385. The molecule has 5 heteroatoms. The van der Waals surface area contributed by atoms with E-state index in [-0.39, 0.29) is 12.0 Å². The highest BCUT2D eigenvalue weighted by Crippen LogP contribution is 2.28. The number of aliphatic hydroxyl groups is 1. The quantitative estimate of drug-likeness (QED) is 0.856. The highest BCUT2D eigenvalue weighted by atomic mass is 35.5. The van der Waals surface area contributed by atoms with Gasteiger partial charge >= 0.3 is 0 Å². The van der Waals surface area contributed by atoms with Gasteiger partial charge in [0.25, 0.3) is 0 Å². The molecule has 1 N–H and O–H groups in total. The van der Waals surface area contributed by atoms with E-state index < -0.39 is 0 Å². The van der Waals surface area contributed by atoms with Crippen LogP contribution in [0, 0.1) is 5.92 Å². The van der Waals surface area contributed by atoms with Crippen molar-refractivity contribution >= 4 is 28.5 Å². The Morgan fingerprint density at radius 2 is 2.28 bits per heavy atom. The van der Waals surface area contributed by atoms with Gasteiger partial charge in [-0.05, 0) is 12.1 Å². The minimum absolute atomic E-state index is 0.255. The number of hydrogen-bond donors (Lipinski definition) is 1. The lowest BCUT2D eigenvalue weighted by Gasteiger charge is -2.17. The van der Waals surface area contributed by atoms with Crippen molar-refractivity contribution in [3.63, 3.8) is 0 Å². The molecule has 1 saturated heterocycles. The SMILES string of the molecule is CC1CN(c2cc(Cl)c3cccnc3n2)CC1O.